The second-order valence-corrected chi connectivity index (χ2v) is 15.4. The zero-order valence-corrected chi connectivity index (χ0v) is 21.3. The number of carbonyl (C=O) groups is 1. The van der Waals surface area contributed by atoms with E-state index in [2.05, 4.69) is 39.9 Å². The summed E-state index contributed by atoms with van der Waals surface area (Å²) in [6.07, 6.45) is 5.30. The van der Waals surface area contributed by atoms with E-state index < -0.39 is 19.5 Å². The van der Waals surface area contributed by atoms with E-state index in [1.165, 1.54) is 6.92 Å². The summed E-state index contributed by atoms with van der Waals surface area (Å²) in [5.74, 6) is -0.319. The Morgan fingerprint density at radius 2 is 1.72 bits per heavy atom. The van der Waals surface area contributed by atoms with Gasteiger partial charge in [-0.2, -0.15) is 0 Å². The topological polar surface area (TPSA) is 63.2 Å². The molecule has 0 spiro atoms. The monoisotopic (exact) mass is 462 g/mol. The summed E-state index contributed by atoms with van der Waals surface area (Å²) in [5, 5.41) is 0.108. The largest absolute Gasteiger partial charge is 0.462 e. The Labute approximate surface area is 193 Å². The summed E-state index contributed by atoms with van der Waals surface area (Å²) in [5.41, 5.74) is -0.168. The maximum Gasteiger partial charge on any atom is 0.302 e. The molecule has 1 fully saturated rings. The first-order valence-corrected chi connectivity index (χ1v) is 14.3. The fourth-order valence-electron chi connectivity index (χ4n) is 3.85. The summed E-state index contributed by atoms with van der Waals surface area (Å²) in [7, 11) is -1.95. The van der Waals surface area contributed by atoms with Crippen LogP contribution in [0.25, 0.3) is 0 Å². The summed E-state index contributed by atoms with van der Waals surface area (Å²) in [6.45, 7) is 13.9. The van der Waals surface area contributed by atoms with Crippen LogP contribution >= 0.6 is 0 Å². The molecule has 0 unspecified atom stereocenters. The molecular weight excluding hydrogens is 424 g/mol. The van der Waals surface area contributed by atoms with Gasteiger partial charge in [-0.3, -0.25) is 4.79 Å². The summed E-state index contributed by atoms with van der Waals surface area (Å²) in [6, 6.07) is 10.0. The fourth-order valence-corrected chi connectivity index (χ4v) is 4.89. The number of ether oxygens (including phenoxy) is 4. The summed E-state index contributed by atoms with van der Waals surface area (Å²) in [4.78, 5) is 11.5. The maximum absolute atomic E-state index is 11.5. The quantitative estimate of drug-likeness (QED) is 0.160. The molecule has 1 aromatic rings. The smallest absolute Gasteiger partial charge is 0.302 e. The van der Waals surface area contributed by atoms with Gasteiger partial charge in [0.1, 0.15) is 24.6 Å². The molecule has 178 valence electrons. The Kier molecular flexibility index (Phi) is 7.67. The molecule has 2 bridgehead atoms. The molecule has 7 heteroatoms. The molecule has 2 heterocycles. The molecular formula is C25H38O6Si. The van der Waals surface area contributed by atoms with Gasteiger partial charge in [-0.1, -0.05) is 63.3 Å². The van der Waals surface area contributed by atoms with Gasteiger partial charge in [-0.25, -0.2) is 0 Å². The van der Waals surface area contributed by atoms with Gasteiger partial charge in [0.2, 0.25) is 0 Å². The number of hydrogen-bond donors (Lipinski definition) is 0. The van der Waals surface area contributed by atoms with E-state index in [-0.39, 0.29) is 30.5 Å². The van der Waals surface area contributed by atoms with Crippen molar-refractivity contribution in [3.63, 3.8) is 0 Å². The third-order valence-corrected chi connectivity index (χ3v) is 11.2. The number of hydrogen-bond acceptors (Lipinski definition) is 6. The van der Waals surface area contributed by atoms with Crippen LogP contribution in [-0.4, -0.2) is 51.6 Å². The molecule has 1 aromatic carbocycles. The zero-order chi connectivity index (χ0) is 23.5. The lowest BCUT2D eigenvalue weighted by Crippen LogP contribution is -2.54. The van der Waals surface area contributed by atoms with E-state index >= 15 is 0 Å². The predicted molar refractivity (Wildman–Crippen MR) is 126 cm³/mol. The highest BCUT2D eigenvalue weighted by Crippen LogP contribution is 2.46. The Balaban J connectivity index is 1.63. The third-order valence-electron chi connectivity index (χ3n) is 6.75. The predicted octanol–water partition coefficient (Wildman–Crippen LogP) is 4.99. The van der Waals surface area contributed by atoms with E-state index in [9.17, 15) is 4.79 Å². The van der Waals surface area contributed by atoms with Crippen molar-refractivity contribution in [2.75, 3.05) is 20.0 Å². The third kappa shape index (κ3) is 6.29. The average molecular weight is 463 g/mol. The molecule has 0 amide bonds. The van der Waals surface area contributed by atoms with Crippen LogP contribution in [0, 0.1) is 0 Å². The molecule has 0 radical (unpaired) electrons. The minimum atomic E-state index is -1.95. The minimum Gasteiger partial charge on any atom is -0.462 e. The van der Waals surface area contributed by atoms with Crippen molar-refractivity contribution in [3.05, 3.63) is 48.0 Å². The van der Waals surface area contributed by atoms with Crippen molar-refractivity contribution in [1.29, 1.82) is 0 Å². The lowest BCUT2D eigenvalue weighted by atomic mass is 9.89. The Morgan fingerprint density at radius 1 is 1.09 bits per heavy atom. The van der Waals surface area contributed by atoms with Crippen LogP contribution in [0.15, 0.2) is 42.5 Å². The first-order valence-electron chi connectivity index (χ1n) is 11.4. The number of esters is 1. The Hall–Kier alpha value is -1.51. The van der Waals surface area contributed by atoms with Gasteiger partial charge < -0.3 is 23.4 Å². The van der Waals surface area contributed by atoms with Crippen LogP contribution in [0.4, 0.5) is 0 Å². The standard InChI is InChI=1S/C25H38O6Si/c1-20(26)28-17-24-12-13-25(31-24,18-30-32(5,6)23(2,3)4)15-22(14-24)29-19-27-16-21-10-8-7-9-11-21/h7-13,22H,14-19H2,1-6H3/t22-,24+,25-/m0/s1. The minimum absolute atomic E-state index is 0.0897. The van der Waals surface area contributed by atoms with Gasteiger partial charge in [0.25, 0.3) is 0 Å². The second-order valence-electron chi connectivity index (χ2n) is 10.5. The lowest BCUT2D eigenvalue weighted by molar-refractivity contribution is -0.215. The van der Waals surface area contributed by atoms with Crippen LogP contribution in [0.5, 0.6) is 0 Å². The fraction of sp³-hybridized carbons (Fsp3) is 0.640. The molecule has 32 heavy (non-hydrogen) atoms. The molecule has 0 saturated carbocycles. The number of benzene rings is 1. The number of rotatable bonds is 10. The van der Waals surface area contributed by atoms with Crippen molar-refractivity contribution in [2.24, 2.45) is 0 Å². The van der Waals surface area contributed by atoms with E-state index in [4.69, 9.17) is 23.4 Å². The van der Waals surface area contributed by atoms with Gasteiger partial charge in [0.15, 0.2) is 8.32 Å². The zero-order valence-electron chi connectivity index (χ0n) is 20.3. The van der Waals surface area contributed by atoms with Crippen molar-refractivity contribution in [2.45, 2.75) is 82.6 Å². The molecule has 6 nitrogen and oxygen atoms in total. The van der Waals surface area contributed by atoms with Crippen LogP contribution < -0.4 is 0 Å². The SMILES string of the molecule is CC(=O)OC[C@@]12C=C[C@@](CO[Si](C)(C)C(C)(C)C)(C[C@@H](OCOCc3ccccc3)C1)O2. The van der Waals surface area contributed by atoms with Gasteiger partial charge >= 0.3 is 5.97 Å². The molecule has 3 atom stereocenters. The molecule has 0 N–H and O–H groups in total. The summed E-state index contributed by atoms with van der Waals surface area (Å²) >= 11 is 0. The van der Waals surface area contributed by atoms with Gasteiger partial charge in [-0.05, 0) is 23.7 Å². The second kappa shape index (κ2) is 9.77. The Bertz CT molecular complexity index is 802. The molecule has 2 aliphatic heterocycles. The molecule has 1 saturated heterocycles. The van der Waals surface area contributed by atoms with Crippen molar-refractivity contribution < 1.29 is 28.2 Å². The van der Waals surface area contributed by atoms with E-state index in [0.29, 0.717) is 26.1 Å². The maximum atomic E-state index is 11.5. The average Bonchev–Trinajstić information content (AvgIpc) is 3.00. The van der Waals surface area contributed by atoms with Gasteiger partial charge in [-0.15, -0.1) is 0 Å². The van der Waals surface area contributed by atoms with Gasteiger partial charge in [0.05, 0.1) is 19.3 Å². The van der Waals surface area contributed by atoms with Crippen molar-refractivity contribution in [1.82, 2.24) is 0 Å². The highest BCUT2D eigenvalue weighted by atomic mass is 28.4. The van der Waals surface area contributed by atoms with Crippen LogP contribution in [0.1, 0.15) is 46.1 Å². The number of carbonyl (C=O) groups excluding carboxylic acids is 1. The van der Waals surface area contributed by atoms with Gasteiger partial charge in [0, 0.05) is 19.8 Å². The molecule has 0 aliphatic carbocycles. The van der Waals surface area contributed by atoms with Crippen LogP contribution in [-0.2, 0) is 34.8 Å². The van der Waals surface area contributed by atoms with Crippen LogP contribution in [0.2, 0.25) is 18.1 Å². The highest BCUT2D eigenvalue weighted by molar-refractivity contribution is 6.74. The Morgan fingerprint density at radius 3 is 2.31 bits per heavy atom. The summed E-state index contributed by atoms with van der Waals surface area (Å²) < 4.78 is 30.3. The molecule has 2 aliphatic rings. The first-order chi connectivity index (χ1) is 14.9. The van der Waals surface area contributed by atoms with Crippen molar-refractivity contribution in [3.8, 4) is 0 Å². The van der Waals surface area contributed by atoms with Crippen LogP contribution in [0.3, 0.4) is 0 Å². The van der Waals surface area contributed by atoms with E-state index in [0.717, 1.165) is 5.56 Å². The highest BCUT2D eigenvalue weighted by Gasteiger charge is 2.54. The lowest BCUT2D eigenvalue weighted by Gasteiger charge is -2.45. The van der Waals surface area contributed by atoms with Crippen molar-refractivity contribution >= 4 is 14.3 Å². The van der Waals surface area contributed by atoms with E-state index in [1.54, 1.807) is 0 Å². The molecule has 3 rings (SSSR count). The molecule has 0 aromatic heterocycles. The normalized spacial score (nSPS) is 27.5. The number of fused-ring (bicyclic) bond motifs is 2. The van der Waals surface area contributed by atoms with E-state index in [1.807, 2.05) is 36.4 Å². The first kappa shape index (κ1) is 25.1.